The number of amides is 1. The Morgan fingerprint density at radius 2 is 1.97 bits per heavy atom. The molecule has 4 aromatic rings. The van der Waals surface area contributed by atoms with Crippen LogP contribution in [0.1, 0.15) is 9.67 Å². The van der Waals surface area contributed by atoms with E-state index in [9.17, 15) is 9.18 Å². The van der Waals surface area contributed by atoms with Gasteiger partial charge in [0.2, 0.25) is 0 Å². The normalized spacial score (nSPS) is 15.0. The number of thiophene rings is 1. The van der Waals surface area contributed by atoms with Crippen molar-refractivity contribution in [3.8, 4) is 0 Å². The van der Waals surface area contributed by atoms with Crippen LogP contribution in [0.5, 0.6) is 0 Å². The number of hydrogen-bond acceptors (Lipinski definition) is 6. The first kappa shape index (κ1) is 20.8. The molecule has 0 radical (unpaired) electrons. The molecule has 5 nitrogen and oxygen atoms in total. The summed E-state index contributed by atoms with van der Waals surface area (Å²) in [4.78, 5) is 22.7. The SMILES string of the molecule is O=C(c1sc2ccccc2c1Cl)N(CCN1CCOCC1)c1nc2ccc(F)cc2s1. The van der Waals surface area contributed by atoms with Gasteiger partial charge in [-0.05, 0) is 24.3 Å². The molecule has 1 fully saturated rings. The van der Waals surface area contributed by atoms with E-state index in [-0.39, 0.29) is 11.7 Å². The van der Waals surface area contributed by atoms with Gasteiger partial charge in [-0.25, -0.2) is 9.37 Å². The highest BCUT2D eigenvalue weighted by Gasteiger charge is 2.27. The molecule has 0 atom stereocenters. The van der Waals surface area contributed by atoms with Crippen molar-refractivity contribution in [2.45, 2.75) is 0 Å². The summed E-state index contributed by atoms with van der Waals surface area (Å²) in [6.45, 7) is 4.20. The van der Waals surface area contributed by atoms with Crippen LogP contribution >= 0.6 is 34.3 Å². The zero-order valence-corrected chi connectivity index (χ0v) is 18.9. The van der Waals surface area contributed by atoms with Crippen molar-refractivity contribution in [3.05, 3.63) is 58.2 Å². The number of fused-ring (bicyclic) bond motifs is 2. The van der Waals surface area contributed by atoms with Crippen molar-refractivity contribution in [3.63, 3.8) is 0 Å². The first-order valence-corrected chi connectivity index (χ1v) is 12.0. The minimum atomic E-state index is -0.318. The number of halogens is 2. The predicted molar refractivity (Wildman–Crippen MR) is 125 cm³/mol. The number of morpholine rings is 1. The van der Waals surface area contributed by atoms with Crippen LogP contribution in [0.15, 0.2) is 42.5 Å². The Balaban J connectivity index is 1.51. The molecule has 9 heteroatoms. The van der Waals surface area contributed by atoms with Crippen molar-refractivity contribution in [1.82, 2.24) is 9.88 Å². The second-order valence-electron chi connectivity index (χ2n) is 7.26. The molecule has 1 aliphatic heterocycles. The van der Waals surface area contributed by atoms with Gasteiger partial charge in [-0.15, -0.1) is 11.3 Å². The number of ether oxygens (including phenoxy) is 1. The lowest BCUT2D eigenvalue weighted by molar-refractivity contribution is 0.0391. The summed E-state index contributed by atoms with van der Waals surface area (Å²) in [5, 5.41) is 1.89. The second-order valence-corrected chi connectivity index (χ2v) is 9.70. The van der Waals surface area contributed by atoms with Crippen molar-refractivity contribution < 1.29 is 13.9 Å². The van der Waals surface area contributed by atoms with Crippen LogP contribution in [0, 0.1) is 5.82 Å². The zero-order valence-electron chi connectivity index (χ0n) is 16.5. The van der Waals surface area contributed by atoms with Crippen LogP contribution in [-0.4, -0.2) is 55.2 Å². The number of aromatic nitrogens is 1. The molecule has 1 saturated heterocycles. The van der Waals surface area contributed by atoms with Gasteiger partial charge in [0.25, 0.3) is 5.91 Å². The highest BCUT2D eigenvalue weighted by molar-refractivity contribution is 7.23. The lowest BCUT2D eigenvalue weighted by atomic mass is 10.2. The molecule has 0 unspecified atom stereocenters. The number of nitrogens with zero attached hydrogens (tertiary/aromatic N) is 3. The van der Waals surface area contributed by atoms with Gasteiger partial charge in [-0.3, -0.25) is 14.6 Å². The van der Waals surface area contributed by atoms with E-state index >= 15 is 0 Å². The number of thiazole rings is 1. The monoisotopic (exact) mass is 475 g/mol. The fraction of sp³-hybridized carbons (Fsp3) is 0.273. The maximum atomic E-state index is 13.7. The standard InChI is InChI=1S/C22H19ClFN3O2S2/c23-19-15-3-1-2-4-17(15)30-20(19)21(28)27(8-7-26-9-11-29-12-10-26)22-25-16-6-5-14(24)13-18(16)31-22/h1-6,13H,7-12H2. The number of anilines is 1. The molecule has 3 heterocycles. The average Bonchev–Trinajstić information content (AvgIpc) is 3.35. The van der Waals surface area contributed by atoms with Gasteiger partial charge < -0.3 is 4.74 Å². The van der Waals surface area contributed by atoms with Crippen LogP contribution in [0.25, 0.3) is 20.3 Å². The Morgan fingerprint density at radius 3 is 2.77 bits per heavy atom. The lowest BCUT2D eigenvalue weighted by Gasteiger charge is -2.29. The molecular formula is C22H19ClFN3O2S2. The average molecular weight is 476 g/mol. The van der Waals surface area contributed by atoms with Crippen LogP contribution in [0.3, 0.4) is 0 Å². The summed E-state index contributed by atoms with van der Waals surface area (Å²) in [6, 6.07) is 12.2. The number of benzene rings is 2. The number of rotatable bonds is 5. The first-order chi connectivity index (χ1) is 15.1. The third-order valence-corrected chi connectivity index (χ3v) is 7.99. The Bertz CT molecular complexity index is 1250. The quantitative estimate of drug-likeness (QED) is 0.394. The van der Waals surface area contributed by atoms with Gasteiger partial charge in [-0.1, -0.05) is 41.1 Å². The molecule has 1 amide bonds. The molecule has 0 bridgehead atoms. The van der Waals surface area contributed by atoms with Gasteiger partial charge in [0, 0.05) is 36.3 Å². The Labute approximate surface area is 191 Å². The third-order valence-electron chi connectivity index (χ3n) is 5.29. The smallest absolute Gasteiger partial charge is 0.271 e. The molecular weight excluding hydrogens is 457 g/mol. The van der Waals surface area contributed by atoms with E-state index in [0.717, 1.165) is 23.2 Å². The molecule has 1 aliphatic rings. The van der Waals surface area contributed by atoms with E-state index in [0.29, 0.717) is 51.6 Å². The molecule has 0 aliphatic carbocycles. The minimum absolute atomic E-state index is 0.181. The highest BCUT2D eigenvalue weighted by atomic mass is 35.5. The molecule has 5 rings (SSSR count). The second kappa shape index (κ2) is 8.80. The van der Waals surface area contributed by atoms with Crippen molar-refractivity contribution in [1.29, 1.82) is 0 Å². The number of hydrogen-bond donors (Lipinski definition) is 0. The van der Waals surface area contributed by atoms with E-state index in [4.69, 9.17) is 16.3 Å². The molecule has 0 saturated carbocycles. The van der Waals surface area contributed by atoms with Crippen LogP contribution in [0.2, 0.25) is 5.02 Å². The van der Waals surface area contributed by atoms with Gasteiger partial charge in [0.15, 0.2) is 5.13 Å². The summed E-state index contributed by atoms with van der Waals surface area (Å²) in [5.74, 6) is -0.500. The topological polar surface area (TPSA) is 45.7 Å². The van der Waals surface area contributed by atoms with E-state index in [2.05, 4.69) is 9.88 Å². The van der Waals surface area contributed by atoms with Gasteiger partial charge in [-0.2, -0.15) is 0 Å². The molecule has 160 valence electrons. The van der Waals surface area contributed by atoms with E-state index < -0.39 is 0 Å². The summed E-state index contributed by atoms with van der Waals surface area (Å²) >= 11 is 9.30. The molecule has 31 heavy (non-hydrogen) atoms. The maximum Gasteiger partial charge on any atom is 0.271 e. The lowest BCUT2D eigenvalue weighted by Crippen LogP contribution is -2.43. The minimum Gasteiger partial charge on any atom is -0.379 e. The van der Waals surface area contributed by atoms with Crippen LogP contribution in [0.4, 0.5) is 9.52 Å². The summed E-state index contributed by atoms with van der Waals surface area (Å²) in [6.07, 6.45) is 0. The molecule has 0 spiro atoms. The van der Waals surface area contributed by atoms with Crippen molar-refractivity contribution in [2.24, 2.45) is 0 Å². The summed E-state index contributed by atoms with van der Waals surface area (Å²) < 4.78 is 20.8. The van der Waals surface area contributed by atoms with Crippen molar-refractivity contribution in [2.75, 3.05) is 44.3 Å². The summed E-state index contributed by atoms with van der Waals surface area (Å²) in [7, 11) is 0. The molecule has 2 aromatic heterocycles. The zero-order chi connectivity index (χ0) is 21.4. The fourth-order valence-electron chi connectivity index (χ4n) is 3.63. The van der Waals surface area contributed by atoms with E-state index in [1.165, 1.54) is 34.8 Å². The van der Waals surface area contributed by atoms with Gasteiger partial charge in [0.05, 0.1) is 28.5 Å². The van der Waals surface area contributed by atoms with Crippen LogP contribution in [-0.2, 0) is 4.74 Å². The number of carbonyl (C=O) groups is 1. The van der Waals surface area contributed by atoms with Crippen molar-refractivity contribution >= 4 is 65.6 Å². The Hall–Kier alpha value is -2.10. The van der Waals surface area contributed by atoms with Gasteiger partial charge >= 0.3 is 0 Å². The Kier molecular flexibility index (Phi) is 5.90. The predicted octanol–water partition coefficient (Wildman–Crippen LogP) is 5.28. The maximum absolute atomic E-state index is 13.7. The van der Waals surface area contributed by atoms with Crippen LogP contribution < -0.4 is 4.90 Å². The fourth-order valence-corrected chi connectivity index (χ4v) is 6.10. The Morgan fingerprint density at radius 1 is 1.16 bits per heavy atom. The molecule has 2 aromatic carbocycles. The third kappa shape index (κ3) is 4.18. The first-order valence-electron chi connectivity index (χ1n) is 9.95. The summed E-state index contributed by atoms with van der Waals surface area (Å²) in [5.41, 5.74) is 0.674. The van der Waals surface area contributed by atoms with E-state index in [1.54, 1.807) is 11.0 Å². The van der Waals surface area contributed by atoms with E-state index in [1.807, 2.05) is 24.3 Å². The van der Waals surface area contributed by atoms with Gasteiger partial charge in [0.1, 0.15) is 10.7 Å². The largest absolute Gasteiger partial charge is 0.379 e. The molecule has 0 N–H and O–H groups in total. The highest BCUT2D eigenvalue weighted by Crippen LogP contribution is 2.38. The number of carbonyl (C=O) groups excluding carboxylic acids is 1.